The van der Waals surface area contributed by atoms with Gasteiger partial charge >= 0.3 is 5.97 Å². The summed E-state index contributed by atoms with van der Waals surface area (Å²) in [5.41, 5.74) is 2.30. The largest absolute Gasteiger partial charge is 0.491 e. The first-order valence-electron chi connectivity index (χ1n) is 8.22. The molecule has 0 atom stereocenters. The molecule has 0 saturated carbocycles. The lowest BCUT2D eigenvalue weighted by Gasteiger charge is -2.13. The molecule has 4 heteroatoms. The summed E-state index contributed by atoms with van der Waals surface area (Å²) in [7, 11) is 1.39. The second-order valence-electron chi connectivity index (χ2n) is 5.79. The van der Waals surface area contributed by atoms with Gasteiger partial charge in [-0.25, -0.2) is 4.79 Å². The Hall–Kier alpha value is -3.01. The summed E-state index contributed by atoms with van der Waals surface area (Å²) in [5.74, 6) is 0.512. The number of benzene rings is 3. The second-order valence-corrected chi connectivity index (χ2v) is 5.79. The normalized spacial score (nSPS) is 10.5. The van der Waals surface area contributed by atoms with Crippen LogP contribution in [0, 0.1) is 6.92 Å². The molecule has 128 valence electrons. The van der Waals surface area contributed by atoms with Gasteiger partial charge in [0.1, 0.15) is 12.4 Å². The molecule has 0 fully saturated rings. The monoisotopic (exact) mass is 335 g/mol. The van der Waals surface area contributed by atoms with E-state index in [9.17, 15) is 4.79 Å². The van der Waals surface area contributed by atoms with Crippen molar-refractivity contribution in [2.75, 3.05) is 25.6 Å². The number of hydrogen-bond acceptors (Lipinski definition) is 4. The number of carbonyl (C=O) groups excluding carboxylic acids is 1. The first kappa shape index (κ1) is 16.8. The first-order chi connectivity index (χ1) is 12.2. The zero-order chi connectivity index (χ0) is 17.6. The highest BCUT2D eigenvalue weighted by Crippen LogP contribution is 2.25. The standard InChI is InChI=1S/C21H21NO3/c1-15-10-11-19(18(14-15)21(23)24-2)22-12-13-25-20-9-5-7-16-6-3-4-8-17(16)20/h3-11,14,22H,12-13H2,1-2H3. The van der Waals surface area contributed by atoms with Crippen molar-refractivity contribution in [3.63, 3.8) is 0 Å². The fraction of sp³-hybridized carbons (Fsp3) is 0.190. The lowest BCUT2D eigenvalue weighted by molar-refractivity contribution is 0.0601. The number of rotatable bonds is 6. The minimum Gasteiger partial charge on any atom is -0.491 e. The molecule has 1 N–H and O–H groups in total. The predicted octanol–water partition coefficient (Wildman–Crippen LogP) is 4.43. The summed E-state index contributed by atoms with van der Waals surface area (Å²) in [5, 5.41) is 5.49. The molecular weight excluding hydrogens is 314 g/mol. The Morgan fingerprint density at radius 1 is 1.04 bits per heavy atom. The number of carbonyl (C=O) groups is 1. The Morgan fingerprint density at radius 3 is 2.68 bits per heavy atom. The van der Waals surface area contributed by atoms with Gasteiger partial charge in [0.15, 0.2) is 0 Å². The summed E-state index contributed by atoms with van der Waals surface area (Å²) in [6, 6.07) is 19.8. The van der Waals surface area contributed by atoms with Gasteiger partial charge in [-0.1, -0.05) is 48.0 Å². The number of methoxy groups -OCH3 is 1. The minimum absolute atomic E-state index is 0.346. The van der Waals surface area contributed by atoms with E-state index in [1.807, 2.05) is 55.5 Å². The van der Waals surface area contributed by atoms with Crippen LogP contribution in [0.2, 0.25) is 0 Å². The van der Waals surface area contributed by atoms with E-state index < -0.39 is 0 Å². The Bertz CT molecular complexity index is 884. The van der Waals surface area contributed by atoms with Gasteiger partial charge in [-0.15, -0.1) is 0 Å². The van der Waals surface area contributed by atoms with Crippen molar-refractivity contribution in [3.8, 4) is 5.75 Å². The van der Waals surface area contributed by atoms with Crippen LogP contribution in [-0.4, -0.2) is 26.2 Å². The molecule has 0 saturated heterocycles. The summed E-state index contributed by atoms with van der Waals surface area (Å²) in [6.07, 6.45) is 0. The number of ether oxygens (including phenoxy) is 2. The molecule has 0 amide bonds. The Labute approximate surface area is 147 Å². The van der Waals surface area contributed by atoms with Crippen molar-refractivity contribution >= 4 is 22.4 Å². The fourth-order valence-corrected chi connectivity index (χ4v) is 2.76. The third-order valence-corrected chi connectivity index (χ3v) is 4.01. The third-order valence-electron chi connectivity index (χ3n) is 4.01. The first-order valence-corrected chi connectivity index (χ1v) is 8.22. The van der Waals surface area contributed by atoms with E-state index in [0.29, 0.717) is 18.7 Å². The SMILES string of the molecule is COC(=O)c1cc(C)ccc1NCCOc1cccc2ccccc12. The molecule has 0 bridgehead atoms. The molecule has 0 aliphatic rings. The molecule has 0 aliphatic carbocycles. The zero-order valence-corrected chi connectivity index (χ0v) is 14.4. The van der Waals surface area contributed by atoms with Gasteiger partial charge in [-0.2, -0.15) is 0 Å². The Kier molecular flexibility index (Phi) is 5.19. The highest BCUT2D eigenvalue weighted by atomic mass is 16.5. The number of anilines is 1. The zero-order valence-electron chi connectivity index (χ0n) is 14.4. The van der Waals surface area contributed by atoms with Crippen LogP contribution in [0.15, 0.2) is 60.7 Å². The molecule has 0 unspecified atom stereocenters. The highest BCUT2D eigenvalue weighted by Gasteiger charge is 2.11. The van der Waals surface area contributed by atoms with E-state index in [0.717, 1.165) is 27.8 Å². The molecule has 0 spiro atoms. The number of nitrogens with one attached hydrogen (secondary N) is 1. The molecule has 3 rings (SSSR count). The fourth-order valence-electron chi connectivity index (χ4n) is 2.76. The van der Waals surface area contributed by atoms with Crippen molar-refractivity contribution in [3.05, 3.63) is 71.8 Å². The van der Waals surface area contributed by atoms with Crippen LogP contribution in [0.1, 0.15) is 15.9 Å². The summed E-state index contributed by atoms with van der Waals surface area (Å²) < 4.78 is 10.8. The van der Waals surface area contributed by atoms with E-state index in [4.69, 9.17) is 9.47 Å². The van der Waals surface area contributed by atoms with Gasteiger partial charge in [0.2, 0.25) is 0 Å². The molecule has 3 aromatic carbocycles. The quantitative estimate of drug-likeness (QED) is 0.535. The number of esters is 1. The number of aryl methyl sites for hydroxylation is 1. The maximum atomic E-state index is 11.9. The van der Waals surface area contributed by atoms with Gasteiger partial charge in [0, 0.05) is 17.6 Å². The average Bonchev–Trinajstić information content (AvgIpc) is 2.65. The van der Waals surface area contributed by atoms with Crippen molar-refractivity contribution in [1.29, 1.82) is 0 Å². The van der Waals surface area contributed by atoms with Crippen molar-refractivity contribution < 1.29 is 14.3 Å². The molecular formula is C21H21NO3. The van der Waals surface area contributed by atoms with Crippen LogP contribution in [0.4, 0.5) is 5.69 Å². The van der Waals surface area contributed by atoms with Gasteiger partial charge < -0.3 is 14.8 Å². The average molecular weight is 335 g/mol. The predicted molar refractivity (Wildman–Crippen MR) is 100 cm³/mol. The van der Waals surface area contributed by atoms with Gasteiger partial charge in [0.05, 0.1) is 12.7 Å². The second kappa shape index (κ2) is 7.71. The highest BCUT2D eigenvalue weighted by molar-refractivity contribution is 5.95. The molecule has 0 radical (unpaired) electrons. The van der Waals surface area contributed by atoms with Crippen LogP contribution < -0.4 is 10.1 Å². The van der Waals surface area contributed by atoms with Gasteiger partial charge in [0.25, 0.3) is 0 Å². The van der Waals surface area contributed by atoms with Crippen molar-refractivity contribution in [2.45, 2.75) is 6.92 Å². The van der Waals surface area contributed by atoms with Gasteiger partial charge in [-0.3, -0.25) is 0 Å². The number of hydrogen-bond donors (Lipinski definition) is 1. The van der Waals surface area contributed by atoms with Crippen LogP contribution in [-0.2, 0) is 4.74 Å². The van der Waals surface area contributed by atoms with E-state index in [1.54, 1.807) is 0 Å². The minimum atomic E-state index is -0.346. The molecule has 4 nitrogen and oxygen atoms in total. The van der Waals surface area contributed by atoms with E-state index in [2.05, 4.69) is 17.4 Å². The number of fused-ring (bicyclic) bond motifs is 1. The van der Waals surface area contributed by atoms with Crippen LogP contribution in [0.3, 0.4) is 0 Å². The smallest absolute Gasteiger partial charge is 0.339 e. The topological polar surface area (TPSA) is 47.6 Å². The molecule has 3 aromatic rings. The van der Waals surface area contributed by atoms with Crippen LogP contribution in [0.25, 0.3) is 10.8 Å². The van der Waals surface area contributed by atoms with Gasteiger partial charge in [-0.05, 0) is 30.5 Å². The molecule has 0 aliphatic heterocycles. The lowest BCUT2D eigenvalue weighted by Crippen LogP contribution is -2.14. The van der Waals surface area contributed by atoms with E-state index in [1.165, 1.54) is 7.11 Å². The molecule has 0 aromatic heterocycles. The third kappa shape index (κ3) is 3.91. The maximum Gasteiger partial charge on any atom is 0.339 e. The van der Waals surface area contributed by atoms with E-state index in [-0.39, 0.29) is 5.97 Å². The summed E-state index contributed by atoms with van der Waals surface area (Å²) in [6.45, 7) is 3.01. The molecule has 0 heterocycles. The van der Waals surface area contributed by atoms with Crippen molar-refractivity contribution in [1.82, 2.24) is 0 Å². The van der Waals surface area contributed by atoms with E-state index >= 15 is 0 Å². The van der Waals surface area contributed by atoms with Crippen molar-refractivity contribution in [2.24, 2.45) is 0 Å². The Morgan fingerprint density at radius 2 is 1.84 bits per heavy atom. The Balaban J connectivity index is 1.65. The van der Waals surface area contributed by atoms with Crippen LogP contribution >= 0.6 is 0 Å². The summed E-state index contributed by atoms with van der Waals surface area (Å²) in [4.78, 5) is 11.9. The lowest BCUT2D eigenvalue weighted by atomic mass is 10.1. The van der Waals surface area contributed by atoms with Crippen LogP contribution in [0.5, 0.6) is 5.75 Å². The maximum absolute atomic E-state index is 11.9. The summed E-state index contributed by atoms with van der Waals surface area (Å²) >= 11 is 0. The molecule has 25 heavy (non-hydrogen) atoms.